The summed E-state index contributed by atoms with van der Waals surface area (Å²) in [7, 11) is 0. The lowest BCUT2D eigenvalue weighted by atomic mass is 9.86. The molecule has 74 valence electrons. The Balaban J connectivity index is 2.28. The van der Waals surface area contributed by atoms with Gasteiger partial charge in [0.05, 0.1) is 12.7 Å². The van der Waals surface area contributed by atoms with E-state index in [1.807, 2.05) is 19.9 Å². The highest BCUT2D eigenvalue weighted by atomic mass is 16.6. The number of fused-ring (bicyclic) bond motifs is 2. The van der Waals surface area contributed by atoms with Gasteiger partial charge in [-0.2, -0.15) is 0 Å². The lowest BCUT2D eigenvalue weighted by molar-refractivity contribution is -0.153. The number of hydrogen-bond donors (Lipinski definition) is 1. The number of aliphatic hydroxyl groups excluding tert-OH is 1. The van der Waals surface area contributed by atoms with E-state index in [0.717, 1.165) is 0 Å². The van der Waals surface area contributed by atoms with Crippen LogP contribution in [0.3, 0.4) is 0 Å². The standard InChI is InChI=1S/C10H16O3/c1-4-6(2)10-5-12-8(9(10)11)7(3)13-10/h4,6-9,11H,1,5H2,2-3H3/t6-,7-,8-,9-,10+/m0/s1. The summed E-state index contributed by atoms with van der Waals surface area (Å²) in [6, 6.07) is 0. The predicted octanol–water partition coefficient (Wildman–Crippen LogP) is 0.726. The van der Waals surface area contributed by atoms with Gasteiger partial charge in [0.15, 0.2) is 0 Å². The minimum absolute atomic E-state index is 0.00819. The highest BCUT2D eigenvalue weighted by Crippen LogP contribution is 2.44. The van der Waals surface area contributed by atoms with E-state index in [0.29, 0.717) is 6.61 Å². The molecule has 2 rings (SSSR count). The molecular formula is C10H16O3. The average Bonchev–Trinajstić information content (AvgIpc) is 2.56. The molecule has 2 aliphatic heterocycles. The molecule has 2 heterocycles. The second-order valence-corrected chi connectivity index (χ2v) is 4.02. The summed E-state index contributed by atoms with van der Waals surface area (Å²) in [5.41, 5.74) is -0.536. The maximum absolute atomic E-state index is 9.95. The van der Waals surface area contributed by atoms with Crippen molar-refractivity contribution < 1.29 is 14.6 Å². The van der Waals surface area contributed by atoms with Crippen LogP contribution in [0.15, 0.2) is 12.7 Å². The highest BCUT2D eigenvalue weighted by molar-refractivity contribution is 5.12. The van der Waals surface area contributed by atoms with E-state index in [1.165, 1.54) is 0 Å². The number of hydrogen-bond acceptors (Lipinski definition) is 3. The van der Waals surface area contributed by atoms with Gasteiger partial charge in [-0.3, -0.25) is 0 Å². The van der Waals surface area contributed by atoms with Gasteiger partial charge in [-0.15, -0.1) is 6.58 Å². The Morgan fingerprint density at radius 3 is 2.77 bits per heavy atom. The van der Waals surface area contributed by atoms with Crippen LogP contribution >= 0.6 is 0 Å². The molecule has 0 saturated carbocycles. The lowest BCUT2D eigenvalue weighted by Crippen LogP contribution is -2.45. The van der Waals surface area contributed by atoms with Gasteiger partial charge in [0.1, 0.15) is 17.8 Å². The Morgan fingerprint density at radius 2 is 2.38 bits per heavy atom. The van der Waals surface area contributed by atoms with Crippen LogP contribution in [0, 0.1) is 5.92 Å². The van der Waals surface area contributed by atoms with Crippen molar-refractivity contribution in [2.45, 2.75) is 37.8 Å². The van der Waals surface area contributed by atoms with Gasteiger partial charge < -0.3 is 14.6 Å². The third-order valence-corrected chi connectivity index (χ3v) is 3.31. The topological polar surface area (TPSA) is 38.7 Å². The molecule has 5 atom stereocenters. The Bertz CT molecular complexity index is 228. The first-order valence-electron chi connectivity index (χ1n) is 4.72. The van der Waals surface area contributed by atoms with Crippen molar-refractivity contribution in [2.24, 2.45) is 5.92 Å². The molecule has 2 aliphatic rings. The van der Waals surface area contributed by atoms with E-state index in [4.69, 9.17) is 9.47 Å². The van der Waals surface area contributed by atoms with Crippen molar-refractivity contribution in [1.82, 2.24) is 0 Å². The molecule has 13 heavy (non-hydrogen) atoms. The fraction of sp³-hybridized carbons (Fsp3) is 0.800. The molecule has 0 spiro atoms. The largest absolute Gasteiger partial charge is 0.387 e. The van der Waals surface area contributed by atoms with Crippen molar-refractivity contribution in [3.8, 4) is 0 Å². The summed E-state index contributed by atoms with van der Waals surface area (Å²) in [6.45, 7) is 8.15. The van der Waals surface area contributed by atoms with Crippen LogP contribution in [0.5, 0.6) is 0 Å². The van der Waals surface area contributed by atoms with Crippen molar-refractivity contribution in [1.29, 1.82) is 0 Å². The molecule has 2 bridgehead atoms. The van der Waals surface area contributed by atoms with Crippen molar-refractivity contribution in [3.05, 3.63) is 12.7 Å². The van der Waals surface area contributed by atoms with E-state index in [9.17, 15) is 5.11 Å². The quantitative estimate of drug-likeness (QED) is 0.643. The minimum atomic E-state index is -0.536. The zero-order valence-corrected chi connectivity index (χ0v) is 8.06. The summed E-state index contributed by atoms with van der Waals surface area (Å²) in [5, 5.41) is 9.95. The molecule has 0 aromatic carbocycles. The first-order valence-corrected chi connectivity index (χ1v) is 4.72. The summed E-state index contributed by atoms with van der Waals surface area (Å²) >= 11 is 0. The van der Waals surface area contributed by atoms with Crippen molar-refractivity contribution in [3.63, 3.8) is 0 Å². The number of rotatable bonds is 2. The van der Waals surface area contributed by atoms with Crippen LogP contribution in [-0.2, 0) is 9.47 Å². The maximum Gasteiger partial charge on any atom is 0.126 e. The Labute approximate surface area is 78.3 Å². The number of ether oxygens (including phenoxy) is 2. The van der Waals surface area contributed by atoms with Gasteiger partial charge in [0.25, 0.3) is 0 Å². The zero-order valence-electron chi connectivity index (χ0n) is 8.06. The first-order chi connectivity index (χ1) is 6.12. The molecule has 3 nitrogen and oxygen atoms in total. The van der Waals surface area contributed by atoms with Crippen LogP contribution in [0.25, 0.3) is 0 Å². The van der Waals surface area contributed by atoms with Crippen LogP contribution in [0.4, 0.5) is 0 Å². The van der Waals surface area contributed by atoms with Gasteiger partial charge in [-0.25, -0.2) is 0 Å². The SMILES string of the molecule is C=C[C@H](C)[C@@]12CO[C@@H]([C@H](C)O1)[C@@H]2O. The van der Waals surface area contributed by atoms with E-state index in [-0.39, 0.29) is 18.1 Å². The molecular weight excluding hydrogens is 168 g/mol. The van der Waals surface area contributed by atoms with Gasteiger partial charge in [-0.1, -0.05) is 13.0 Å². The van der Waals surface area contributed by atoms with Crippen LogP contribution in [0.1, 0.15) is 13.8 Å². The summed E-state index contributed by atoms with van der Waals surface area (Å²) < 4.78 is 11.2. The average molecular weight is 184 g/mol. The summed E-state index contributed by atoms with van der Waals surface area (Å²) in [4.78, 5) is 0. The Kier molecular flexibility index (Phi) is 1.98. The molecule has 2 fully saturated rings. The zero-order chi connectivity index (χ0) is 9.64. The second kappa shape index (κ2) is 2.80. The van der Waals surface area contributed by atoms with Gasteiger partial charge >= 0.3 is 0 Å². The van der Waals surface area contributed by atoms with Crippen molar-refractivity contribution in [2.75, 3.05) is 6.61 Å². The fourth-order valence-electron chi connectivity index (χ4n) is 2.30. The second-order valence-electron chi connectivity index (χ2n) is 4.02. The van der Waals surface area contributed by atoms with Crippen LogP contribution in [-0.4, -0.2) is 35.6 Å². The van der Waals surface area contributed by atoms with E-state index in [1.54, 1.807) is 0 Å². The molecule has 2 saturated heterocycles. The Hall–Kier alpha value is -0.380. The van der Waals surface area contributed by atoms with Gasteiger partial charge in [-0.05, 0) is 6.92 Å². The van der Waals surface area contributed by atoms with E-state index in [2.05, 4.69) is 6.58 Å². The third kappa shape index (κ3) is 1.01. The predicted molar refractivity (Wildman–Crippen MR) is 48.4 cm³/mol. The Morgan fingerprint density at radius 1 is 1.69 bits per heavy atom. The molecule has 0 radical (unpaired) electrons. The molecule has 0 aromatic rings. The molecule has 0 aromatic heterocycles. The number of aliphatic hydroxyl groups is 1. The molecule has 0 unspecified atom stereocenters. The maximum atomic E-state index is 9.95. The third-order valence-electron chi connectivity index (χ3n) is 3.31. The van der Waals surface area contributed by atoms with Crippen LogP contribution < -0.4 is 0 Å². The van der Waals surface area contributed by atoms with Gasteiger partial charge in [0.2, 0.25) is 0 Å². The smallest absolute Gasteiger partial charge is 0.126 e. The first kappa shape index (κ1) is 9.19. The lowest BCUT2D eigenvalue weighted by Gasteiger charge is -2.33. The molecule has 1 N–H and O–H groups in total. The molecule has 3 heteroatoms. The molecule has 0 aliphatic carbocycles. The van der Waals surface area contributed by atoms with E-state index >= 15 is 0 Å². The summed E-state index contributed by atoms with van der Waals surface area (Å²) in [5.74, 6) is 0.123. The summed E-state index contributed by atoms with van der Waals surface area (Å²) in [6.07, 6.45) is 1.15. The fourth-order valence-corrected chi connectivity index (χ4v) is 2.30. The molecule has 0 amide bonds. The highest BCUT2D eigenvalue weighted by Gasteiger charge is 2.61. The van der Waals surface area contributed by atoms with Gasteiger partial charge in [0, 0.05) is 5.92 Å². The normalized spacial score (nSPS) is 50.8. The van der Waals surface area contributed by atoms with Crippen molar-refractivity contribution >= 4 is 0 Å². The van der Waals surface area contributed by atoms with Crippen LogP contribution in [0.2, 0.25) is 0 Å². The monoisotopic (exact) mass is 184 g/mol. The minimum Gasteiger partial charge on any atom is -0.387 e. The van der Waals surface area contributed by atoms with E-state index < -0.39 is 11.7 Å².